The van der Waals surface area contributed by atoms with Crippen molar-refractivity contribution in [3.63, 3.8) is 0 Å². The number of aromatic nitrogens is 1. The lowest BCUT2D eigenvalue weighted by molar-refractivity contribution is -0.118. The molecule has 0 saturated heterocycles. The zero-order valence-electron chi connectivity index (χ0n) is 15.0. The molecule has 1 amide bonds. The van der Waals surface area contributed by atoms with E-state index in [1.807, 2.05) is 31.2 Å². The van der Waals surface area contributed by atoms with Crippen LogP contribution in [0.4, 0.5) is 5.69 Å². The molecule has 0 unspecified atom stereocenters. The Morgan fingerprint density at radius 3 is 2.67 bits per heavy atom. The molecule has 3 aromatic rings. The number of hydrogen-bond acceptors (Lipinski definition) is 4. The molecule has 1 atom stereocenters. The highest BCUT2D eigenvalue weighted by atomic mass is 35.5. The number of nitrogens with one attached hydrogen (secondary N) is 1. The van der Waals surface area contributed by atoms with Crippen LogP contribution >= 0.6 is 11.6 Å². The van der Waals surface area contributed by atoms with Crippen LogP contribution in [-0.4, -0.2) is 18.0 Å². The summed E-state index contributed by atoms with van der Waals surface area (Å²) in [5, 5.41) is 13.4. The predicted octanol–water partition coefficient (Wildman–Crippen LogP) is 4.53. The third-order valence-corrected chi connectivity index (χ3v) is 4.58. The summed E-state index contributed by atoms with van der Waals surface area (Å²) in [7, 11) is 1.57. The van der Waals surface area contributed by atoms with Gasteiger partial charge < -0.3 is 10.1 Å². The number of aryl methyl sites for hydroxylation is 1. The summed E-state index contributed by atoms with van der Waals surface area (Å²) in [6.45, 7) is 1.98. The van der Waals surface area contributed by atoms with E-state index in [4.69, 9.17) is 16.3 Å². The number of rotatable bonds is 5. The number of nitriles is 1. The third-order valence-electron chi connectivity index (χ3n) is 4.25. The van der Waals surface area contributed by atoms with Gasteiger partial charge in [-0.15, -0.1) is 0 Å². The zero-order chi connectivity index (χ0) is 19.4. The van der Waals surface area contributed by atoms with Gasteiger partial charge in [0.1, 0.15) is 16.8 Å². The largest absolute Gasteiger partial charge is 0.497 e. The van der Waals surface area contributed by atoms with Gasteiger partial charge in [0.2, 0.25) is 5.91 Å². The number of methoxy groups -OCH3 is 1. The molecule has 0 bridgehead atoms. The molecule has 3 rings (SSSR count). The van der Waals surface area contributed by atoms with Gasteiger partial charge in [0, 0.05) is 17.5 Å². The van der Waals surface area contributed by atoms with Crippen molar-refractivity contribution in [3.8, 4) is 11.8 Å². The van der Waals surface area contributed by atoms with Crippen molar-refractivity contribution in [2.45, 2.75) is 13.3 Å². The second-order valence-electron chi connectivity index (χ2n) is 6.24. The molecule has 5 nitrogen and oxygen atoms in total. The van der Waals surface area contributed by atoms with Crippen molar-refractivity contribution in [3.05, 3.63) is 64.8 Å². The van der Waals surface area contributed by atoms with Crippen molar-refractivity contribution in [2.24, 2.45) is 5.92 Å². The molecule has 0 saturated carbocycles. The molecular formula is C21H18ClN3O2. The van der Waals surface area contributed by atoms with Gasteiger partial charge in [0.05, 0.1) is 18.7 Å². The van der Waals surface area contributed by atoms with Crippen LogP contribution < -0.4 is 10.1 Å². The number of benzene rings is 2. The van der Waals surface area contributed by atoms with Crippen LogP contribution in [0.2, 0.25) is 5.15 Å². The summed E-state index contributed by atoms with van der Waals surface area (Å²) in [4.78, 5) is 16.9. The summed E-state index contributed by atoms with van der Waals surface area (Å²) in [5.74, 6) is -0.578. The highest BCUT2D eigenvalue weighted by Gasteiger charge is 2.21. The first-order valence-corrected chi connectivity index (χ1v) is 8.78. The van der Waals surface area contributed by atoms with Gasteiger partial charge >= 0.3 is 0 Å². The van der Waals surface area contributed by atoms with Crippen molar-refractivity contribution in [2.75, 3.05) is 12.4 Å². The number of hydrogen-bond donors (Lipinski definition) is 1. The zero-order valence-corrected chi connectivity index (χ0v) is 15.7. The number of carbonyl (C=O) groups is 1. The van der Waals surface area contributed by atoms with E-state index < -0.39 is 5.92 Å². The lowest BCUT2D eigenvalue weighted by Crippen LogP contribution is -2.23. The summed E-state index contributed by atoms with van der Waals surface area (Å²) in [6, 6.07) is 16.7. The minimum atomic E-state index is -0.880. The molecule has 0 radical (unpaired) electrons. The highest BCUT2D eigenvalue weighted by molar-refractivity contribution is 6.30. The molecule has 136 valence electrons. The number of nitrogens with zero attached hydrogens (tertiary/aromatic N) is 2. The van der Waals surface area contributed by atoms with Gasteiger partial charge in [0.25, 0.3) is 0 Å². The second kappa shape index (κ2) is 8.07. The fourth-order valence-electron chi connectivity index (χ4n) is 2.76. The number of fused-ring (bicyclic) bond motifs is 1. The minimum absolute atomic E-state index is 0.189. The lowest BCUT2D eigenvalue weighted by Gasteiger charge is -2.12. The molecule has 0 fully saturated rings. The van der Waals surface area contributed by atoms with E-state index in [2.05, 4.69) is 16.4 Å². The number of carbonyl (C=O) groups excluding carboxylic acids is 1. The first-order valence-electron chi connectivity index (χ1n) is 8.40. The van der Waals surface area contributed by atoms with Crippen LogP contribution in [0.5, 0.6) is 5.75 Å². The minimum Gasteiger partial charge on any atom is -0.497 e. The van der Waals surface area contributed by atoms with Crippen molar-refractivity contribution < 1.29 is 9.53 Å². The van der Waals surface area contributed by atoms with Crippen LogP contribution in [0.1, 0.15) is 11.1 Å². The average Bonchev–Trinajstić information content (AvgIpc) is 2.66. The summed E-state index contributed by atoms with van der Waals surface area (Å²) in [6.07, 6.45) is 0.189. The van der Waals surface area contributed by atoms with E-state index >= 15 is 0 Å². The summed E-state index contributed by atoms with van der Waals surface area (Å²) >= 11 is 6.29. The molecule has 0 spiro atoms. The Labute approximate surface area is 162 Å². The monoisotopic (exact) mass is 379 g/mol. The van der Waals surface area contributed by atoms with E-state index in [-0.39, 0.29) is 12.3 Å². The number of ether oxygens (including phenoxy) is 1. The molecule has 6 heteroatoms. The van der Waals surface area contributed by atoms with Gasteiger partial charge in [-0.1, -0.05) is 23.7 Å². The van der Waals surface area contributed by atoms with Gasteiger partial charge in [-0.05, 0) is 54.4 Å². The molecule has 2 aromatic carbocycles. The first kappa shape index (κ1) is 18.7. The Kier molecular flexibility index (Phi) is 5.58. The average molecular weight is 380 g/mol. The van der Waals surface area contributed by atoms with Crippen LogP contribution in [0.3, 0.4) is 0 Å². The van der Waals surface area contributed by atoms with Crippen molar-refractivity contribution >= 4 is 34.1 Å². The smallest absolute Gasteiger partial charge is 0.242 e. The van der Waals surface area contributed by atoms with E-state index in [0.29, 0.717) is 22.2 Å². The Bertz CT molecular complexity index is 1030. The quantitative estimate of drug-likeness (QED) is 0.661. The lowest BCUT2D eigenvalue weighted by atomic mass is 9.99. The Hall–Kier alpha value is -3.10. The molecule has 1 N–H and O–H groups in total. The van der Waals surface area contributed by atoms with Crippen molar-refractivity contribution in [1.29, 1.82) is 5.26 Å². The maximum atomic E-state index is 12.5. The Morgan fingerprint density at radius 1 is 1.26 bits per heavy atom. The predicted molar refractivity (Wildman–Crippen MR) is 106 cm³/mol. The maximum Gasteiger partial charge on any atom is 0.242 e. The standard InChI is InChI=1S/C21H18ClN3O2/c1-13-3-4-14-10-15(20(22)25-19(14)9-13)11-16(12-23)21(26)24-17-5-7-18(27-2)8-6-17/h3-10,16H,11H2,1-2H3,(H,24,26)/t16-/m1/s1. The fourth-order valence-corrected chi connectivity index (χ4v) is 2.98. The molecular weight excluding hydrogens is 362 g/mol. The Balaban J connectivity index is 1.78. The van der Waals surface area contributed by atoms with Gasteiger partial charge in [-0.25, -0.2) is 4.98 Å². The molecule has 1 heterocycles. The third kappa shape index (κ3) is 4.36. The molecule has 0 aliphatic carbocycles. The maximum absolute atomic E-state index is 12.5. The van der Waals surface area contributed by atoms with Gasteiger partial charge in [-0.2, -0.15) is 5.26 Å². The number of halogens is 1. The van der Waals surface area contributed by atoms with E-state index in [0.717, 1.165) is 16.5 Å². The molecule has 0 aliphatic heterocycles. The number of pyridine rings is 1. The van der Waals surface area contributed by atoms with Crippen molar-refractivity contribution in [1.82, 2.24) is 4.98 Å². The molecule has 1 aromatic heterocycles. The first-order chi connectivity index (χ1) is 13.0. The second-order valence-corrected chi connectivity index (χ2v) is 6.60. The highest BCUT2D eigenvalue weighted by Crippen LogP contribution is 2.24. The SMILES string of the molecule is COc1ccc(NC(=O)[C@@H](C#N)Cc2cc3ccc(C)cc3nc2Cl)cc1. The normalized spacial score (nSPS) is 11.6. The van der Waals surface area contributed by atoms with E-state index in [1.165, 1.54) is 0 Å². The van der Waals surface area contributed by atoms with Crippen LogP contribution in [0, 0.1) is 24.2 Å². The van der Waals surface area contributed by atoms with Crippen LogP contribution in [0.25, 0.3) is 10.9 Å². The summed E-state index contributed by atoms with van der Waals surface area (Å²) in [5.41, 5.74) is 3.15. The van der Waals surface area contributed by atoms with Gasteiger partial charge in [0.15, 0.2) is 0 Å². The van der Waals surface area contributed by atoms with E-state index in [1.54, 1.807) is 31.4 Å². The fraction of sp³-hybridized carbons (Fsp3) is 0.190. The van der Waals surface area contributed by atoms with E-state index in [9.17, 15) is 10.1 Å². The Morgan fingerprint density at radius 2 is 2.00 bits per heavy atom. The topological polar surface area (TPSA) is 75.0 Å². The molecule has 27 heavy (non-hydrogen) atoms. The summed E-state index contributed by atoms with van der Waals surface area (Å²) < 4.78 is 5.09. The number of anilines is 1. The number of amides is 1. The van der Waals surface area contributed by atoms with Gasteiger partial charge in [-0.3, -0.25) is 4.79 Å². The van der Waals surface area contributed by atoms with Crippen LogP contribution in [-0.2, 0) is 11.2 Å². The molecule has 0 aliphatic rings. The van der Waals surface area contributed by atoms with Crippen LogP contribution in [0.15, 0.2) is 48.5 Å².